The summed E-state index contributed by atoms with van der Waals surface area (Å²) in [6, 6.07) is 1.81. The molecule has 2 N–H and O–H groups in total. The van der Waals surface area contributed by atoms with E-state index in [1.807, 2.05) is 0 Å². The van der Waals surface area contributed by atoms with Gasteiger partial charge in [-0.25, -0.2) is 4.79 Å². The monoisotopic (exact) mass is 238 g/mol. The smallest absolute Gasteiger partial charge is 0.374 e. The zero-order chi connectivity index (χ0) is 12.3. The summed E-state index contributed by atoms with van der Waals surface area (Å²) >= 11 is 0. The summed E-state index contributed by atoms with van der Waals surface area (Å²) in [5.74, 6) is -0.243. The number of esters is 1. The van der Waals surface area contributed by atoms with Crippen molar-refractivity contribution in [1.82, 2.24) is 10.6 Å². The second-order valence-electron chi connectivity index (χ2n) is 3.85. The van der Waals surface area contributed by atoms with Gasteiger partial charge in [0.05, 0.1) is 13.4 Å². The summed E-state index contributed by atoms with van der Waals surface area (Å²) in [5, 5.41) is 5.91. The first kappa shape index (κ1) is 11.7. The number of amides is 1. The fourth-order valence-electron chi connectivity index (χ4n) is 1.75. The maximum absolute atomic E-state index is 11.3. The molecule has 6 heteroatoms. The van der Waals surface area contributed by atoms with Gasteiger partial charge < -0.3 is 19.8 Å². The van der Waals surface area contributed by atoms with Crippen LogP contribution in [0.25, 0.3) is 0 Å². The second-order valence-corrected chi connectivity index (χ2v) is 3.85. The van der Waals surface area contributed by atoms with Gasteiger partial charge in [-0.15, -0.1) is 0 Å². The molecule has 1 unspecified atom stereocenters. The molecule has 92 valence electrons. The quantitative estimate of drug-likeness (QED) is 0.724. The van der Waals surface area contributed by atoms with E-state index in [1.165, 1.54) is 13.4 Å². The molecular formula is C11H14N2O4. The first-order chi connectivity index (χ1) is 8.20. The molecule has 0 saturated carbocycles. The number of ether oxygens (including phenoxy) is 1. The Morgan fingerprint density at radius 2 is 2.53 bits per heavy atom. The number of carbonyl (C=O) groups is 2. The van der Waals surface area contributed by atoms with Crippen molar-refractivity contribution in [1.29, 1.82) is 0 Å². The zero-order valence-electron chi connectivity index (χ0n) is 9.49. The summed E-state index contributed by atoms with van der Waals surface area (Å²) in [7, 11) is 1.31. The molecule has 1 aliphatic heterocycles. The van der Waals surface area contributed by atoms with E-state index in [0.29, 0.717) is 19.5 Å². The highest BCUT2D eigenvalue weighted by molar-refractivity contribution is 5.87. The minimum absolute atomic E-state index is 0.0443. The molecule has 0 bridgehead atoms. The predicted octanol–water partition coefficient (Wildman–Crippen LogP) is 0.0443. The number of nitrogens with one attached hydrogen (secondary N) is 2. The Bertz CT molecular complexity index is 427. The highest BCUT2D eigenvalue weighted by Crippen LogP contribution is 2.12. The number of methoxy groups -OCH3 is 1. The highest BCUT2D eigenvalue weighted by Gasteiger charge is 2.22. The van der Waals surface area contributed by atoms with E-state index in [2.05, 4.69) is 15.4 Å². The van der Waals surface area contributed by atoms with Crippen LogP contribution in [0.4, 0.5) is 0 Å². The molecule has 0 radical (unpaired) electrons. The molecule has 2 rings (SSSR count). The second kappa shape index (κ2) is 5.01. The number of carbonyl (C=O) groups excluding carboxylic acids is 2. The molecule has 1 fully saturated rings. The summed E-state index contributed by atoms with van der Waals surface area (Å²) in [5.41, 5.74) is 0.733. The van der Waals surface area contributed by atoms with Crippen molar-refractivity contribution >= 4 is 11.9 Å². The highest BCUT2D eigenvalue weighted by atomic mass is 16.5. The van der Waals surface area contributed by atoms with E-state index >= 15 is 0 Å². The maximum Gasteiger partial charge on any atom is 0.374 e. The maximum atomic E-state index is 11.3. The van der Waals surface area contributed by atoms with E-state index in [1.54, 1.807) is 6.07 Å². The Balaban J connectivity index is 1.93. The first-order valence-corrected chi connectivity index (χ1v) is 5.35. The van der Waals surface area contributed by atoms with Crippen LogP contribution >= 0.6 is 0 Å². The Morgan fingerprint density at radius 1 is 1.71 bits per heavy atom. The van der Waals surface area contributed by atoms with Gasteiger partial charge in [-0.2, -0.15) is 0 Å². The lowest BCUT2D eigenvalue weighted by atomic mass is 10.2. The SMILES string of the molecule is COC(=O)c1occc1CNC1CNC(=O)C1. The summed E-state index contributed by atoms with van der Waals surface area (Å²) < 4.78 is 9.65. The van der Waals surface area contributed by atoms with E-state index in [9.17, 15) is 9.59 Å². The molecule has 0 aliphatic carbocycles. The molecule has 6 nitrogen and oxygen atoms in total. The molecule has 1 aliphatic rings. The Labute approximate surface area is 98.3 Å². The van der Waals surface area contributed by atoms with E-state index < -0.39 is 5.97 Å². The molecule has 0 aromatic carbocycles. The summed E-state index contributed by atoms with van der Waals surface area (Å²) in [4.78, 5) is 22.3. The van der Waals surface area contributed by atoms with Crippen LogP contribution in [0.3, 0.4) is 0 Å². The van der Waals surface area contributed by atoms with Crippen molar-refractivity contribution < 1.29 is 18.7 Å². The van der Waals surface area contributed by atoms with Crippen LogP contribution in [-0.4, -0.2) is 31.6 Å². The molecule has 1 aromatic rings. The van der Waals surface area contributed by atoms with Crippen molar-refractivity contribution in [2.45, 2.75) is 19.0 Å². The van der Waals surface area contributed by atoms with Gasteiger partial charge in [0.2, 0.25) is 11.7 Å². The van der Waals surface area contributed by atoms with Gasteiger partial charge in [0.15, 0.2) is 0 Å². The van der Waals surface area contributed by atoms with E-state index in [4.69, 9.17) is 4.42 Å². The lowest BCUT2D eigenvalue weighted by Crippen LogP contribution is -2.30. The largest absolute Gasteiger partial charge is 0.463 e. The average molecular weight is 238 g/mol. The van der Waals surface area contributed by atoms with Gasteiger partial charge in [-0.3, -0.25) is 4.79 Å². The third kappa shape index (κ3) is 2.65. The number of hydrogen-bond donors (Lipinski definition) is 2. The number of rotatable bonds is 4. The van der Waals surface area contributed by atoms with Crippen LogP contribution in [0.15, 0.2) is 16.7 Å². The molecule has 1 amide bonds. The predicted molar refractivity (Wildman–Crippen MR) is 58.3 cm³/mol. The normalized spacial score (nSPS) is 19.1. The fourth-order valence-corrected chi connectivity index (χ4v) is 1.75. The van der Waals surface area contributed by atoms with Gasteiger partial charge in [0.25, 0.3) is 0 Å². The van der Waals surface area contributed by atoms with Crippen LogP contribution in [0.2, 0.25) is 0 Å². The summed E-state index contributed by atoms with van der Waals surface area (Å²) in [6.07, 6.45) is 1.91. The summed E-state index contributed by atoms with van der Waals surface area (Å²) in [6.45, 7) is 1.09. The Hall–Kier alpha value is -1.82. The average Bonchev–Trinajstić information content (AvgIpc) is 2.94. The third-order valence-electron chi connectivity index (χ3n) is 2.68. The molecule has 17 heavy (non-hydrogen) atoms. The van der Waals surface area contributed by atoms with E-state index in [-0.39, 0.29) is 17.7 Å². The lowest BCUT2D eigenvalue weighted by molar-refractivity contribution is -0.119. The van der Waals surface area contributed by atoms with Crippen molar-refractivity contribution in [3.63, 3.8) is 0 Å². The topological polar surface area (TPSA) is 80.6 Å². The van der Waals surface area contributed by atoms with Gasteiger partial charge >= 0.3 is 5.97 Å². The Morgan fingerprint density at radius 3 is 3.18 bits per heavy atom. The molecule has 0 spiro atoms. The van der Waals surface area contributed by atoms with Crippen molar-refractivity contribution in [3.8, 4) is 0 Å². The van der Waals surface area contributed by atoms with Crippen LogP contribution in [0.5, 0.6) is 0 Å². The van der Waals surface area contributed by atoms with Crippen LogP contribution in [-0.2, 0) is 16.1 Å². The number of furan rings is 1. The first-order valence-electron chi connectivity index (χ1n) is 5.35. The van der Waals surface area contributed by atoms with Crippen LogP contribution in [0.1, 0.15) is 22.5 Å². The molecule has 2 heterocycles. The van der Waals surface area contributed by atoms with Gasteiger partial charge in [0.1, 0.15) is 0 Å². The standard InChI is InChI=1S/C11H14N2O4/c1-16-11(15)10-7(2-3-17-10)5-12-8-4-9(14)13-6-8/h2-3,8,12H,4-6H2,1H3,(H,13,14). The molecule has 1 saturated heterocycles. The van der Waals surface area contributed by atoms with Gasteiger partial charge in [-0.1, -0.05) is 0 Å². The zero-order valence-corrected chi connectivity index (χ0v) is 9.49. The fraction of sp³-hybridized carbons (Fsp3) is 0.455. The number of hydrogen-bond acceptors (Lipinski definition) is 5. The van der Waals surface area contributed by atoms with Gasteiger partial charge in [0, 0.05) is 31.1 Å². The minimum Gasteiger partial charge on any atom is -0.463 e. The molecule has 1 aromatic heterocycles. The van der Waals surface area contributed by atoms with Gasteiger partial charge in [-0.05, 0) is 6.07 Å². The lowest BCUT2D eigenvalue weighted by Gasteiger charge is -2.09. The van der Waals surface area contributed by atoms with Crippen molar-refractivity contribution in [2.24, 2.45) is 0 Å². The molecular weight excluding hydrogens is 224 g/mol. The van der Waals surface area contributed by atoms with Crippen LogP contribution in [0, 0.1) is 0 Å². The van der Waals surface area contributed by atoms with Crippen molar-refractivity contribution in [3.05, 3.63) is 23.7 Å². The third-order valence-corrected chi connectivity index (χ3v) is 2.68. The Kier molecular flexibility index (Phi) is 3.43. The van der Waals surface area contributed by atoms with Crippen molar-refractivity contribution in [2.75, 3.05) is 13.7 Å². The van der Waals surface area contributed by atoms with E-state index in [0.717, 1.165) is 5.56 Å². The molecule has 1 atom stereocenters. The minimum atomic E-state index is -0.493. The van der Waals surface area contributed by atoms with Crippen LogP contribution < -0.4 is 10.6 Å².